The molecular formula is C19H20N4O4. The van der Waals surface area contributed by atoms with Gasteiger partial charge in [0.05, 0.1) is 11.1 Å². The molecule has 4 aliphatic heterocycles. The van der Waals surface area contributed by atoms with Gasteiger partial charge in [-0.1, -0.05) is 0 Å². The average Bonchev–Trinajstić information content (AvgIpc) is 3.30. The molecule has 0 aromatic heterocycles. The lowest BCUT2D eigenvalue weighted by atomic mass is 10.0. The lowest BCUT2D eigenvalue weighted by molar-refractivity contribution is -0.136. The predicted molar refractivity (Wildman–Crippen MR) is 95.2 cm³/mol. The fraction of sp³-hybridized carbons (Fsp3) is 0.474. The highest BCUT2D eigenvalue weighted by Gasteiger charge is 2.45. The van der Waals surface area contributed by atoms with Crippen LogP contribution in [0, 0.1) is 11.8 Å². The van der Waals surface area contributed by atoms with Crippen LogP contribution in [0.1, 0.15) is 33.6 Å². The lowest BCUT2D eigenvalue weighted by Gasteiger charge is -2.27. The molecule has 8 nitrogen and oxygen atoms in total. The van der Waals surface area contributed by atoms with Crippen molar-refractivity contribution in [1.29, 1.82) is 0 Å². The van der Waals surface area contributed by atoms with Gasteiger partial charge in [0.25, 0.3) is 11.8 Å². The van der Waals surface area contributed by atoms with Gasteiger partial charge in [0.2, 0.25) is 11.8 Å². The molecule has 4 heterocycles. The minimum Gasteiger partial charge on any atom is -0.371 e. The minimum atomic E-state index is -0.921. The Bertz CT molecular complexity index is 870. The summed E-state index contributed by atoms with van der Waals surface area (Å²) in [6, 6.07) is 4.42. The summed E-state index contributed by atoms with van der Waals surface area (Å²) >= 11 is 0. The first-order valence-electron chi connectivity index (χ1n) is 9.34. The van der Waals surface area contributed by atoms with Gasteiger partial charge in [-0.2, -0.15) is 0 Å². The Balaban J connectivity index is 1.42. The van der Waals surface area contributed by atoms with Crippen LogP contribution in [-0.4, -0.2) is 60.7 Å². The summed E-state index contributed by atoms with van der Waals surface area (Å²) in [6.45, 7) is 3.92. The van der Waals surface area contributed by atoms with Crippen molar-refractivity contribution >= 4 is 29.3 Å². The Labute approximate surface area is 155 Å². The van der Waals surface area contributed by atoms with Crippen molar-refractivity contribution in [3.63, 3.8) is 0 Å². The second-order valence-corrected chi connectivity index (χ2v) is 7.76. The van der Waals surface area contributed by atoms with E-state index in [0.717, 1.165) is 36.8 Å². The van der Waals surface area contributed by atoms with E-state index < -0.39 is 23.8 Å². The van der Waals surface area contributed by atoms with Crippen molar-refractivity contribution in [3.05, 3.63) is 29.3 Å². The molecule has 3 atom stereocenters. The number of benzene rings is 1. The van der Waals surface area contributed by atoms with Crippen LogP contribution in [0.4, 0.5) is 5.69 Å². The highest BCUT2D eigenvalue weighted by atomic mass is 16.2. The lowest BCUT2D eigenvalue weighted by Crippen LogP contribution is -2.54. The Morgan fingerprint density at radius 1 is 0.926 bits per heavy atom. The van der Waals surface area contributed by atoms with Gasteiger partial charge in [-0.15, -0.1) is 0 Å². The first-order valence-corrected chi connectivity index (χ1v) is 9.34. The molecule has 1 aromatic carbocycles. The number of piperidine rings is 1. The van der Waals surface area contributed by atoms with Crippen LogP contribution in [0.2, 0.25) is 0 Å². The van der Waals surface area contributed by atoms with Gasteiger partial charge in [0, 0.05) is 38.3 Å². The van der Waals surface area contributed by atoms with Crippen molar-refractivity contribution in [2.45, 2.75) is 18.9 Å². The Morgan fingerprint density at radius 2 is 1.63 bits per heavy atom. The number of nitrogens with zero attached hydrogens (tertiary/aromatic N) is 2. The van der Waals surface area contributed by atoms with Crippen molar-refractivity contribution in [1.82, 2.24) is 15.5 Å². The van der Waals surface area contributed by atoms with E-state index in [9.17, 15) is 19.2 Å². The number of amides is 4. The van der Waals surface area contributed by atoms with Gasteiger partial charge >= 0.3 is 0 Å². The number of hydrogen-bond acceptors (Lipinski definition) is 6. The fourth-order valence-corrected chi connectivity index (χ4v) is 4.72. The van der Waals surface area contributed by atoms with Crippen LogP contribution in [0.15, 0.2) is 18.2 Å². The van der Waals surface area contributed by atoms with E-state index in [1.165, 1.54) is 0 Å². The van der Waals surface area contributed by atoms with Crippen LogP contribution < -0.4 is 15.5 Å². The highest BCUT2D eigenvalue weighted by molar-refractivity contribution is 6.23. The topological polar surface area (TPSA) is 98.8 Å². The number of hydrogen-bond donors (Lipinski definition) is 2. The van der Waals surface area contributed by atoms with Crippen LogP contribution in [-0.2, 0) is 9.59 Å². The van der Waals surface area contributed by atoms with Crippen molar-refractivity contribution in [2.24, 2.45) is 11.8 Å². The Morgan fingerprint density at radius 3 is 2.33 bits per heavy atom. The molecule has 3 fully saturated rings. The third kappa shape index (κ3) is 2.47. The first kappa shape index (κ1) is 16.4. The highest BCUT2D eigenvalue weighted by Crippen LogP contribution is 2.34. The molecule has 1 unspecified atom stereocenters. The number of carbonyl (C=O) groups is 4. The zero-order valence-corrected chi connectivity index (χ0v) is 14.7. The third-order valence-electron chi connectivity index (χ3n) is 6.18. The van der Waals surface area contributed by atoms with Crippen LogP contribution in [0.5, 0.6) is 0 Å². The molecule has 3 saturated heterocycles. The molecule has 0 radical (unpaired) electrons. The molecule has 0 bridgehead atoms. The molecule has 27 heavy (non-hydrogen) atoms. The van der Waals surface area contributed by atoms with Gasteiger partial charge in [-0.3, -0.25) is 29.4 Å². The van der Waals surface area contributed by atoms with E-state index in [4.69, 9.17) is 0 Å². The fourth-order valence-electron chi connectivity index (χ4n) is 4.72. The molecule has 4 aliphatic rings. The zero-order chi connectivity index (χ0) is 18.7. The molecule has 4 amide bonds. The van der Waals surface area contributed by atoms with Gasteiger partial charge in [-0.05, 0) is 36.5 Å². The first-order chi connectivity index (χ1) is 13.0. The number of fused-ring (bicyclic) bond motifs is 2. The average molecular weight is 368 g/mol. The molecule has 1 aromatic rings. The van der Waals surface area contributed by atoms with E-state index in [-0.39, 0.29) is 18.7 Å². The predicted octanol–water partition coefficient (Wildman–Crippen LogP) is -0.257. The second kappa shape index (κ2) is 5.88. The number of anilines is 1. The van der Waals surface area contributed by atoms with Gasteiger partial charge < -0.3 is 10.2 Å². The zero-order valence-electron chi connectivity index (χ0n) is 14.7. The van der Waals surface area contributed by atoms with Crippen molar-refractivity contribution in [2.75, 3.05) is 31.1 Å². The van der Waals surface area contributed by atoms with Gasteiger partial charge in [0.1, 0.15) is 6.04 Å². The summed E-state index contributed by atoms with van der Waals surface area (Å²) < 4.78 is 0. The quantitative estimate of drug-likeness (QED) is 0.698. The Hall–Kier alpha value is -2.74. The normalized spacial score (nSPS) is 30.0. The van der Waals surface area contributed by atoms with Crippen LogP contribution >= 0.6 is 0 Å². The van der Waals surface area contributed by atoms with E-state index in [1.807, 2.05) is 6.07 Å². The molecule has 5 rings (SSSR count). The van der Waals surface area contributed by atoms with E-state index in [2.05, 4.69) is 15.5 Å². The molecule has 0 aliphatic carbocycles. The summed E-state index contributed by atoms with van der Waals surface area (Å²) in [5.41, 5.74) is 1.61. The number of imide groups is 2. The summed E-state index contributed by atoms with van der Waals surface area (Å²) in [5, 5.41) is 5.62. The standard InChI is InChI=1S/C19H20N4O4/c24-16-4-3-15(17(25)21-16)23-18(26)13-2-1-12(5-14(13)19(23)27)22-8-10-6-20-7-11(10)9-22/h1-2,5,10-11,15,20H,3-4,6-9H2,(H,21,24,25)/t10-,11+,15?. The largest absolute Gasteiger partial charge is 0.371 e. The molecule has 0 saturated carbocycles. The maximum atomic E-state index is 12.9. The monoisotopic (exact) mass is 368 g/mol. The van der Waals surface area contributed by atoms with Crippen LogP contribution in [0.25, 0.3) is 0 Å². The SMILES string of the molecule is O=C1CCC(N2C(=O)c3ccc(N4C[C@H]5CNC[C@H]5C4)cc3C2=O)C(=O)N1. The summed E-state index contributed by atoms with van der Waals surface area (Å²) in [6.07, 6.45) is 0.297. The molecule has 2 N–H and O–H groups in total. The Kier molecular flexibility index (Phi) is 3.58. The summed E-state index contributed by atoms with van der Waals surface area (Å²) in [4.78, 5) is 52.4. The van der Waals surface area contributed by atoms with E-state index in [0.29, 0.717) is 23.0 Å². The minimum absolute atomic E-state index is 0.125. The maximum absolute atomic E-state index is 12.9. The molecule has 8 heteroatoms. The summed E-state index contributed by atoms with van der Waals surface area (Å²) in [5.74, 6) is -0.623. The third-order valence-corrected chi connectivity index (χ3v) is 6.18. The van der Waals surface area contributed by atoms with Gasteiger partial charge in [0.15, 0.2) is 0 Å². The van der Waals surface area contributed by atoms with Crippen LogP contribution in [0.3, 0.4) is 0 Å². The van der Waals surface area contributed by atoms with E-state index >= 15 is 0 Å². The van der Waals surface area contributed by atoms with Crippen molar-refractivity contribution < 1.29 is 19.2 Å². The number of nitrogens with one attached hydrogen (secondary N) is 2. The van der Waals surface area contributed by atoms with E-state index in [1.54, 1.807) is 12.1 Å². The number of rotatable bonds is 2. The second-order valence-electron chi connectivity index (χ2n) is 7.76. The number of carbonyl (C=O) groups excluding carboxylic acids is 4. The smallest absolute Gasteiger partial charge is 0.262 e. The maximum Gasteiger partial charge on any atom is 0.262 e. The molecule has 0 spiro atoms. The summed E-state index contributed by atoms with van der Waals surface area (Å²) in [7, 11) is 0. The van der Waals surface area contributed by atoms with Gasteiger partial charge in [-0.25, -0.2) is 0 Å². The molecular weight excluding hydrogens is 348 g/mol. The molecule has 140 valence electrons. The van der Waals surface area contributed by atoms with Crippen molar-refractivity contribution in [3.8, 4) is 0 Å².